The molecule has 1 aromatic carbocycles. The number of benzene rings is 1. The highest BCUT2D eigenvalue weighted by molar-refractivity contribution is 7.89. The number of carbonyl (C=O) groups excluding carboxylic acids is 2. The van der Waals surface area contributed by atoms with Crippen LogP contribution in [-0.4, -0.2) is 61.2 Å². The number of ether oxygens (including phenoxy) is 2. The first-order chi connectivity index (χ1) is 15.7. The van der Waals surface area contributed by atoms with Gasteiger partial charge in [-0.05, 0) is 44.9 Å². The minimum absolute atomic E-state index is 0.0116. The maximum absolute atomic E-state index is 13.1. The second kappa shape index (κ2) is 10.8. The van der Waals surface area contributed by atoms with E-state index in [0.29, 0.717) is 18.9 Å². The van der Waals surface area contributed by atoms with Crippen molar-refractivity contribution in [3.8, 4) is 5.75 Å². The van der Waals surface area contributed by atoms with Crippen molar-refractivity contribution < 1.29 is 27.5 Å². The highest BCUT2D eigenvalue weighted by Crippen LogP contribution is 2.27. The summed E-state index contributed by atoms with van der Waals surface area (Å²) in [6.07, 6.45) is 5.14. The first-order valence-electron chi connectivity index (χ1n) is 10.9. The summed E-state index contributed by atoms with van der Waals surface area (Å²) in [6.45, 7) is 4.18. The van der Waals surface area contributed by atoms with Gasteiger partial charge in [0, 0.05) is 25.2 Å². The molecule has 0 atom stereocenters. The molecule has 0 unspecified atom stereocenters. The van der Waals surface area contributed by atoms with E-state index in [9.17, 15) is 18.0 Å². The number of hydrogen-bond acceptors (Lipinski definition) is 7. The fourth-order valence-corrected chi connectivity index (χ4v) is 5.19. The molecule has 0 aliphatic carbocycles. The maximum Gasteiger partial charge on any atom is 0.342 e. The Balaban J connectivity index is 1.72. The number of carbonyl (C=O) groups is 2. The summed E-state index contributed by atoms with van der Waals surface area (Å²) < 4.78 is 39.6. The monoisotopic (exact) mass is 478 g/mol. The van der Waals surface area contributed by atoms with Gasteiger partial charge in [0.2, 0.25) is 10.0 Å². The Hall–Kier alpha value is -2.92. The number of nitrogens with zero attached hydrogens (tertiary/aromatic N) is 3. The highest BCUT2D eigenvalue weighted by Gasteiger charge is 2.27. The lowest BCUT2D eigenvalue weighted by Gasteiger charge is -2.20. The van der Waals surface area contributed by atoms with Crippen molar-refractivity contribution >= 4 is 27.7 Å². The van der Waals surface area contributed by atoms with E-state index in [2.05, 4.69) is 10.4 Å². The normalized spacial score (nSPS) is 15.2. The van der Waals surface area contributed by atoms with Crippen LogP contribution in [0.1, 0.15) is 55.9 Å². The van der Waals surface area contributed by atoms with Crippen LogP contribution in [0.3, 0.4) is 0 Å². The molecular weight excluding hydrogens is 448 g/mol. The van der Waals surface area contributed by atoms with Gasteiger partial charge in [0.15, 0.2) is 6.61 Å². The number of rotatable bonds is 8. The van der Waals surface area contributed by atoms with E-state index in [1.165, 1.54) is 29.6 Å². The molecule has 1 saturated heterocycles. The van der Waals surface area contributed by atoms with E-state index in [0.717, 1.165) is 25.7 Å². The van der Waals surface area contributed by atoms with Crippen LogP contribution in [0, 0.1) is 0 Å². The molecule has 11 heteroatoms. The van der Waals surface area contributed by atoms with Crippen LogP contribution in [0.4, 0.5) is 5.82 Å². The van der Waals surface area contributed by atoms with Crippen LogP contribution >= 0.6 is 0 Å². The van der Waals surface area contributed by atoms with E-state index < -0.39 is 28.5 Å². The quantitative estimate of drug-likeness (QED) is 0.579. The number of sulfonamides is 1. The van der Waals surface area contributed by atoms with Crippen LogP contribution in [0.2, 0.25) is 0 Å². The molecule has 1 fully saturated rings. The summed E-state index contributed by atoms with van der Waals surface area (Å²) in [5.41, 5.74) is -0.0616. The van der Waals surface area contributed by atoms with E-state index in [-0.39, 0.29) is 22.3 Å². The molecule has 33 heavy (non-hydrogen) atoms. The molecule has 2 aromatic rings. The van der Waals surface area contributed by atoms with E-state index in [1.54, 1.807) is 16.9 Å². The van der Waals surface area contributed by atoms with E-state index in [1.807, 2.05) is 13.8 Å². The number of anilines is 1. The zero-order chi connectivity index (χ0) is 24.0. The molecule has 0 radical (unpaired) electrons. The van der Waals surface area contributed by atoms with Gasteiger partial charge in [0.05, 0.1) is 18.2 Å². The van der Waals surface area contributed by atoms with Crippen LogP contribution in [0.25, 0.3) is 0 Å². The van der Waals surface area contributed by atoms with Crippen LogP contribution in [0.15, 0.2) is 35.4 Å². The summed E-state index contributed by atoms with van der Waals surface area (Å²) in [7, 11) is -2.39. The first kappa shape index (κ1) is 24.7. The van der Waals surface area contributed by atoms with Crippen molar-refractivity contribution in [3.63, 3.8) is 0 Å². The van der Waals surface area contributed by atoms with Crippen molar-refractivity contribution in [2.24, 2.45) is 0 Å². The molecule has 3 rings (SSSR count). The molecule has 2 heterocycles. The molecular formula is C22H30N4O6S. The second-order valence-electron chi connectivity index (χ2n) is 8.06. The largest absolute Gasteiger partial charge is 0.496 e. The number of hydrogen-bond donors (Lipinski definition) is 1. The Labute approximate surface area is 193 Å². The van der Waals surface area contributed by atoms with E-state index >= 15 is 0 Å². The number of amides is 1. The summed E-state index contributed by atoms with van der Waals surface area (Å²) in [4.78, 5) is 25.0. The number of esters is 1. The Morgan fingerprint density at radius 3 is 2.45 bits per heavy atom. The average molecular weight is 479 g/mol. The molecule has 0 saturated carbocycles. The van der Waals surface area contributed by atoms with E-state index in [4.69, 9.17) is 9.47 Å². The predicted octanol–water partition coefficient (Wildman–Crippen LogP) is 2.83. The SMILES string of the molecule is COc1ccc(S(=O)(=O)N2CCCCCC2)cc1C(=O)OCC(=O)Nc1ccnn1C(C)C. The summed E-state index contributed by atoms with van der Waals surface area (Å²) in [6, 6.07) is 5.75. The number of aromatic nitrogens is 2. The smallest absolute Gasteiger partial charge is 0.342 e. The molecule has 0 bridgehead atoms. The van der Waals surface area contributed by atoms with Crippen molar-refractivity contribution in [2.75, 3.05) is 32.1 Å². The third kappa shape index (κ3) is 5.91. The zero-order valence-electron chi connectivity index (χ0n) is 19.1. The van der Waals surface area contributed by atoms with Crippen molar-refractivity contribution in [2.45, 2.75) is 50.5 Å². The van der Waals surface area contributed by atoms with Crippen molar-refractivity contribution in [1.29, 1.82) is 0 Å². The topological polar surface area (TPSA) is 120 Å². The zero-order valence-corrected chi connectivity index (χ0v) is 19.9. The Kier molecular flexibility index (Phi) is 8.09. The summed E-state index contributed by atoms with van der Waals surface area (Å²) in [5, 5.41) is 6.77. The Bertz CT molecular complexity index is 1090. The van der Waals surface area contributed by atoms with Gasteiger partial charge in [-0.25, -0.2) is 17.9 Å². The maximum atomic E-state index is 13.1. The van der Waals surface area contributed by atoms with Gasteiger partial charge in [-0.15, -0.1) is 0 Å². The molecule has 1 aromatic heterocycles. The van der Waals surface area contributed by atoms with Gasteiger partial charge in [0.25, 0.3) is 5.91 Å². The van der Waals surface area contributed by atoms with Gasteiger partial charge in [0.1, 0.15) is 17.1 Å². The second-order valence-corrected chi connectivity index (χ2v) is 10.00. The van der Waals surface area contributed by atoms with Crippen LogP contribution in [-0.2, 0) is 19.6 Å². The fourth-order valence-electron chi connectivity index (χ4n) is 3.65. The minimum atomic E-state index is -3.76. The lowest BCUT2D eigenvalue weighted by Crippen LogP contribution is -2.32. The summed E-state index contributed by atoms with van der Waals surface area (Å²) >= 11 is 0. The Morgan fingerprint density at radius 2 is 1.82 bits per heavy atom. The van der Waals surface area contributed by atoms with Crippen LogP contribution in [0.5, 0.6) is 5.75 Å². The fraction of sp³-hybridized carbons (Fsp3) is 0.500. The molecule has 10 nitrogen and oxygen atoms in total. The van der Waals surface area contributed by atoms with Gasteiger partial charge >= 0.3 is 5.97 Å². The van der Waals surface area contributed by atoms with Gasteiger partial charge in [-0.3, -0.25) is 4.79 Å². The first-order valence-corrected chi connectivity index (χ1v) is 12.4. The standard InChI is InChI=1S/C22H30N4O6S/c1-16(2)26-20(10-11-23-26)24-21(27)15-32-22(28)18-14-17(8-9-19(18)31-3)33(29,30)25-12-6-4-5-7-13-25/h8-11,14,16H,4-7,12-13,15H2,1-3H3,(H,24,27). The lowest BCUT2D eigenvalue weighted by molar-refractivity contribution is -0.119. The molecule has 1 aliphatic heterocycles. The lowest BCUT2D eigenvalue weighted by atomic mass is 10.2. The average Bonchev–Trinajstić information content (AvgIpc) is 3.07. The van der Waals surface area contributed by atoms with Gasteiger partial charge < -0.3 is 14.8 Å². The van der Waals surface area contributed by atoms with Gasteiger partial charge in [-0.2, -0.15) is 9.40 Å². The number of methoxy groups -OCH3 is 1. The minimum Gasteiger partial charge on any atom is -0.496 e. The third-order valence-corrected chi connectivity index (χ3v) is 7.25. The third-order valence-electron chi connectivity index (χ3n) is 5.35. The molecule has 180 valence electrons. The molecule has 1 amide bonds. The predicted molar refractivity (Wildman–Crippen MR) is 122 cm³/mol. The van der Waals surface area contributed by atoms with Crippen LogP contribution < -0.4 is 10.1 Å². The number of nitrogens with one attached hydrogen (secondary N) is 1. The molecule has 0 spiro atoms. The van der Waals surface area contributed by atoms with Crippen molar-refractivity contribution in [1.82, 2.24) is 14.1 Å². The molecule has 1 aliphatic rings. The highest BCUT2D eigenvalue weighted by atomic mass is 32.2. The Morgan fingerprint density at radius 1 is 1.12 bits per heavy atom. The molecule has 1 N–H and O–H groups in total. The summed E-state index contributed by atoms with van der Waals surface area (Å²) in [5.74, 6) is -0.757. The van der Waals surface area contributed by atoms with Gasteiger partial charge in [-0.1, -0.05) is 12.8 Å². The van der Waals surface area contributed by atoms with Crippen molar-refractivity contribution in [3.05, 3.63) is 36.0 Å².